The fourth-order valence-corrected chi connectivity index (χ4v) is 1.45. The second-order valence-electron chi connectivity index (χ2n) is 6.09. The lowest BCUT2D eigenvalue weighted by Crippen LogP contribution is -2.75. The van der Waals surface area contributed by atoms with Gasteiger partial charge in [-0.2, -0.15) is 0 Å². The molecule has 0 bridgehead atoms. The van der Waals surface area contributed by atoms with Gasteiger partial charge in [0.2, 0.25) is 0 Å². The number of carbonyl (C=O) groups is 1. The molecule has 0 atom stereocenters. The van der Waals surface area contributed by atoms with Gasteiger partial charge < -0.3 is 20.5 Å². The molecule has 5 heteroatoms. The maximum Gasteiger partial charge on any atom is 0.410 e. The molecule has 1 aliphatic heterocycles. The molecule has 0 saturated carbocycles. The predicted octanol–water partition coefficient (Wildman–Crippen LogP) is 0.706. The summed E-state index contributed by atoms with van der Waals surface area (Å²) >= 11 is 0. The van der Waals surface area contributed by atoms with E-state index in [4.69, 9.17) is 10.5 Å². The molecule has 3 N–H and O–H groups in total. The van der Waals surface area contributed by atoms with Gasteiger partial charge in [-0.3, -0.25) is 0 Å². The van der Waals surface area contributed by atoms with Gasteiger partial charge in [-0.05, 0) is 34.6 Å². The van der Waals surface area contributed by atoms with Crippen LogP contribution in [0.15, 0.2) is 0 Å². The molecule has 0 spiro atoms. The Balaban J connectivity index is 2.51. The second-order valence-corrected chi connectivity index (χ2v) is 6.09. The molecule has 16 heavy (non-hydrogen) atoms. The molecule has 0 unspecified atom stereocenters. The van der Waals surface area contributed by atoms with Gasteiger partial charge >= 0.3 is 6.09 Å². The van der Waals surface area contributed by atoms with Gasteiger partial charge in [0.05, 0.1) is 13.1 Å². The van der Waals surface area contributed by atoms with Crippen molar-refractivity contribution in [3.63, 3.8) is 0 Å². The number of hydrogen-bond donors (Lipinski definition) is 2. The average Bonchev–Trinajstić information content (AvgIpc) is 1.92. The molecule has 1 rings (SSSR count). The molecular formula is C11H22N2O3. The third kappa shape index (κ3) is 2.65. The van der Waals surface area contributed by atoms with E-state index in [0.29, 0.717) is 0 Å². The minimum Gasteiger partial charge on any atom is -0.444 e. The first-order chi connectivity index (χ1) is 6.95. The van der Waals surface area contributed by atoms with Gasteiger partial charge in [-0.25, -0.2) is 4.79 Å². The number of nitrogens with zero attached hydrogens (tertiary/aromatic N) is 1. The van der Waals surface area contributed by atoms with Crippen molar-refractivity contribution >= 4 is 6.09 Å². The maximum absolute atomic E-state index is 11.6. The van der Waals surface area contributed by atoms with Crippen LogP contribution in [0.1, 0.15) is 34.6 Å². The first kappa shape index (κ1) is 13.3. The van der Waals surface area contributed by atoms with Gasteiger partial charge in [-0.15, -0.1) is 0 Å². The van der Waals surface area contributed by atoms with E-state index in [2.05, 4.69) is 0 Å². The topological polar surface area (TPSA) is 75.8 Å². The van der Waals surface area contributed by atoms with Crippen LogP contribution in [0, 0.1) is 0 Å². The lowest BCUT2D eigenvalue weighted by atomic mass is 9.77. The number of amides is 1. The standard InChI is InChI=1S/C11H22N2O3/c1-9(2,3)16-8(14)13-6-11(15,7-13)10(4,5)12/h15H,6-7,12H2,1-5H3. The van der Waals surface area contributed by atoms with Crippen molar-refractivity contribution in [2.75, 3.05) is 13.1 Å². The summed E-state index contributed by atoms with van der Waals surface area (Å²) in [6.07, 6.45) is -0.401. The number of rotatable bonds is 1. The summed E-state index contributed by atoms with van der Waals surface area (Å²) in [4.78, 5) is 13.1. The molecule has 0 aliphatic carbocycles. The molecule has 0 aromatic rings. The average molecular weight is 230 g/mol. The monoisotopic (exact) mass is 230 g/mol. The number of hydrogen-bond acceptors (Lipinski definition) is 4. The summed E-state index contributed by atoms with van der Waals surface area (Å²) in [7, 11) is 0. The van der Waals surface area contributed by atoms with Gasteiger partial charge in [0, 0.05) is 5.54 Å². The third-order valence-corrected chi connectivity index (χ3v) is 2.76. The lowest BCUT2D eigenvalue weighted by molar-refractivity contribution is -0.132. The first-order valence-electron chi connectivity index (χ1n) is 5.44. The number of ether oxygens (including phenoxy) is 1. The predicted molar refractivity (Wildman–Crippen MR) is 61.0 cm³/mol. The Hall–Kier alpha value is -0.810. The minimum atomic E-state index is -1.01. The molecule has 0 radical (unpaired) electrons. The molecule has 1 fully saturated rings. The minimum absolute atomic E-state index is 0.228. The number of aliphatic hydroxyl groups is 1. The van der Waals surface area contributed by atoms with Gasteiger partial charge in [0.15, 0.2) is 0 Å². The molecule has 0 aromatic heterocycles. The Kier molecular flexibility index (Phi) is 2.98. The van der Waals surface area contributed by atoms with Gasteiger partial charge in [0.25, 0.3) is 0 Å². The molecule has 1 saturated heterocycles. The Morgan fingerprint density at radius 2 is 1.75 bits per heavy atom. The van der Waals surface area contributed by atoms with Gasteiger partial charge in [0.1, 0.15) is 11.2 Å². The van der Waals surface area contributed by atoms with Crippen LogP contribution in [0.5, 0.6) is 0 Å². The SMILES string of the molecule is CC(C)(C)OC(=O)N1CC(O)(C(C)(C)N)C1. The summed E-state index contributed by atoms with van der Waals surface area (Å²) in [5.74, 6) is 0. The molecule has 1 aliphatic rings. The lowest BCUT2D eigenvalue weighted by Gasteiger charge is -2.52. The van der Waals surface area contributed by atoms with E-state index in [0.717, 1.165) is 0 Å². The fraction of sp³-hybridized carbons (Fsp3) is 0.909. The van der Waals surface area contributed by atoms with E-state index in [-0.39, 0.29) is 13.1 Å². The quantitative estimate of drug-likeness (QED) is 0.695. The van der Waals surface area contributed by atoms with Crippen molar-refractivity contribution in [2.24, 2.45) is 5.73 Å². The van der Waals surface area contributed by atoms with Crippen molar-refractivity contribution in [3.05, 3.63) is 0 Å². The first-order valence-corrected chi connectivity index (χ1v) is 5.44. The summed E-state index contributed by atoms with van der Waals surface area (Å²) in [6, 6.07) is 0. The zero-order valence-electron chi connectivity index (χ0n) is 10.7. The number of β-amino-alcohol motifs (C(OH)–C–C–N with tert-alkyl or cyclic N) is 1. The number of likely N-dealkylation sites (tertiary alicyclic amines) is 1. The maximum atomic E-state index is 11.6. The molecule has 1 amide bonds. The normalized spacial score (nSPS) is 20.3. The van der Waals surface area contributed by atoms with Crippen LogP contribution in [0.25, 0.3) is 0 Å². The summed E-state index contributed by atoms with van der Waals surface area (Å²) < 4.78 is 5.18. The van der Waals surface area contributed by atoms with Crippen LogP contribution in [-0.4, -0.2) is 45.9 Å². The van der Waals surface area contributed by atoms with Crippen molar-refractivity contribution in [2.45, 2.75) is 51.4 Å². The zero-order chi connectivity index (χ0) is 12.8. The van der Waals surface area contributed by atoms with Crippen LogP contribution in [0.3, 0.4) is 0 Å². The van der Waals surface area contributed by atoms with Crippen molar-refractivity contribution in [3.8, 4) is 0 Å². The molecule has 0 aromatic carbocycles. The Morgan fingerprint density at radius 1 is 1.31 bits per heavy atom. The van der Waals surface area contributed by atoms with Crippen molar-refractivity contribution in [1.82, 2.24) is 4.90 Å². The van der Waals surface area contributed by atoms with Crippen LogP contribution >= 0.6 is 0 Å². The van der Waals surface area contributed by atoms with Crippen LogP contribution in [-0.2, 0) is 4.74 Å². The molecular weight excluding hydrogens is 208 g/mol. The highest BCUT2D eigenvalue weighted by Crippen LogP contribution is 2.31. The Labute approximate surface area is 96.6 Å². The van der Waals surface area contributed by atoms with E-state index >= 15 is 0 Å². The third-order valence-electron chi connectivity index (χ3n) is 2.76. The summed E-state index contributed by atoms with van der Waals surface area (Å²) in [5, 5.41) is 10.1. The van der Waals surface area contributed by atoms with E-state index in [1.165, 1.54) is 4.90 Å². The van der Waals surface area contributed by atoms with Crippen molar-refractivity contribution in [1.29, 1.82) is 0 Å². The van der Waals surface area contributed by atoms with Crippen LogP contribution in [0.2, 0.25) is 0 Å². The molecule has 94 valence electrons. The summed E-state index contributed by atoms with van der Waals surface area (Å²) in [5.41, 5.74) is 3.60. The highest BCUT2D eigenvalue weighted by atomic mass is 16.6. The number of nitrogens with two attached hydrogens (primary N) is 1. The smallest absolute Gasteiger partial charge is 0.410 e. The van der Waals surface area contributed by atoms with E-state index < -0.39 is 22.8 Å². The largest absolute Gasteiger partial charge is 0.444 e. The second kappa shape index (κ2) is 3.60. The molecule has 5 nitrogen and oxygen atoms in total. The number of carbonyl (C=O) groups excluding carboxylic acids is 1. The highest BCUT2D eigenvalue weighted by molar-refractivity contribution is 5.69. The Morgan fingerprint density at radius 3 is 2.06 bits per heavy atom. The highest BCUT2D eigenvalue weighted by Gasteiger charge is 2.52. The van der Waals surface area contributed by atoms with E-state index in [1.54, 1.807) is 13.8 Å². The molecule has 1 heterocycles. The van der Waals surface area contributed by atoms with Crippen molar-refractivity contribution < 1.29 is 14.6 Å². The van der Waals surface area contributed by atoms with Crippen LogP contribution < -0.4 is 5.73 Å². The Bertz CT molecular complexity index is 283. The van der Waals surface area contributed by atoms with Gasteiger partial charge in [-0.1, -0.05) is 0 Å². The van der Waals surface area contributed by atoms with E-state index in [1.807, 2.05) is 20.8 Å². The van der Waals surface area contributed by atoms with E-state index in [9.17, 15) is 9.90 Å². The zero-order valence-corrected chi connectivity index (χ0v) is 10.7. The fourth-order valence-electron chi connectivity index (χ4n) is 1.45. The summed E-state index contributed by atoms with van der Waals surface area (Å²) in [6.45, 7) is 9.38. The van der Waals surface area contributed by atoms with Crippen LogP contribution in [0.4, 0.5) is 4.79 Å².